The third-order valence-corrected chi connectivity index (χ3v) is 11.5. The van der Waals surface area contributed by atoms with E-state index >= 15 is 0 Å². The lowest BCUT2D eigenvalue weighted by atomic mass is 9.99. The SMILES string of the molecule is c1ccc(-c2cccc3c2oc2ccc(N(c4cccc5c4sc4ccccc45)c4ccc(-c5ccccc5)c5oc6ccccc6c45)cc23)cc1. The van der Waals surface area contributed by atoms with Gasteiger partial charge in [0.25, 0.3) is 0 Å². The molecule has 0 fully saturated rings. The molecular formula is C48H29NO2S. The molecule has 8 aromatic carbocycles. The molecule has 0 atom stereocenters. The number of fused-ring (bicyclic) bond motifs is 9. The molecule has 0 aliphatic heterocycles. The lowest BCUT2D eigenvalue weighted by molar-refractivity contribution is 0.669. The summed E-state index contributed by atoms with van der Waals surface area (Å²) in [5.74, 6) is 0. The van der Waals surface area contributed by atoms with Crippen molar-refractivity contribution >= 4 is 92.4 Å². The summed E-state index contributed by atoms with van der Waals surface area (Å²) in [5, 5.41) is 6.86. The monoisotopic (exact) mass is 683 g/mol. The van der Waals surface area contributed by atoms with Crippen LogP contribution >= 0.6 is 11.3 Å². The van der Waals surface area contributed by atoms with Crippen molar-refractivity contribution < 1.29 is 8.83 Å². The van der Waals surface area contributed by atoms with Crippen molar-refractivity contribution in [2.24, 2.45) is 0 Å². The summed E-state index contributed by atoms with van der Waals surface area (Å²) in [5.41, 5.74) is 11.1. The van der Waals surface area contributed by atoms with Crippen LogP contribution in [0.5, 0.6) is 0 Å². The van der Waals surface area contributed by atoms with Crippen LogP contribution in [0, 0.1) is 0 Å². The molecule has 3 nitrogen and oxygen atoms in total. The van der Waals surface area contributed by atoms with E-state index in [1.807, 2.05) is 23.5 Å². The number of nitrogens with zero attached hydrogens (tertiary/aromatic N) is 1. The zero-order chi connectivity index (χ0) is 34.2. The molecule has 52 heavy (non-hydrogen) atoms. The molecule has 0 unspecified atom stereocenters. The molecule has 0 radical (unpaired) electrons. The van der Waals surface area contributed by atoms with Crippen LogP contribution in [0.15, 0.2) is 185 Å². The normalized spacial score (nSPS) is 11.8. The first-order valence-electron chi connectivity index (χ1n) is 17.5. The molecular weight excluding hydrogens is 655 g/mol. The third-order valence-electron chi connectivity index (χ3n) is 10.3. The molecule has 11 rings (SSSR count). The molecule has 3 heterocycles. The summed E-state index contributed by atoms with van der Waals surface area (Å²) in [7, 11) is 0. The number of hydrogen-bond donors (Lipinski definition) is 0. The summed E-state index contributed by atoms with van der Waals surface area (Å²) in [6, 6.07) is 62.3. The predicted molar refractivity (Wildman–Crippen MR) is 219 cm³/mol. The van der Waals surface area contributed by atoms with Crippen molar-refractivity contribution in [3.8, 4) is 22.3 Å². The van der Waals surface area contributed by atoms with Gasteiger partial charge >= 0.3 is 0 Å². The summed E-state index contributed by atoms with van der Waals surface area (Å²) < 4.78 is 15.9. The minimum Gasteiger partial charge on any atom is -0.455 e. The van der Waals surface area contributed by atoms with Crippen LogP contribution in [-0.2, 0) is 0 Å². The van der Waals surface area contributed by atoms with Gasteiger partial charge in [0.2, 0.25) is 0 Å². The van der Waals surface area contributed by atoms with Crippen LogP contribution in [0.1, 0.15) is 0 Å². The second-order valence-corrected chi connectivity index (χ2v) is 14.3. The van der Waals surface area contributed by atoms with E-state index in [1.54, 1.807) is 0 Å². The Labute approximate surface area is 303 Å². The van der Waals surface area contributed by atoms with Gasteiger partial charge < -0.3 is 13.7 Å². The Hall–Kier alpha value is -6.62. The summed E-state index contributed by atoms with van der Waals surface area (Å²) >= 11 is 1.84. The van der Waals surface area contributed by atoms with Gasteiger partial charge in [0.05, 0.1) is 21.5 Å². The Morgan fingerprint density at radius 3 is 1.87 bits per heavy atom. The molecule has 0 amide bonds. The number of thiophene rings is 1. The maximum Gasteiger partial charge on any atom is 0.145 e. The van der Waals surface area contributed by atoms with Crippen molar-refractivity contribution in [2.75, 3.05) is 4.90 Å². The maximum absolute atomic E-state index is 6.77. The van der Waals surface area contributed by atoms with E-state index < -0.39 is 0 Å². The molecule has 244 valence electrons. The summed E-state index contributed by atoms with van der Waals surface area (Å²) in [6.07, 6.45) is 0. The fraction of sp³-hybridized carbons (Fsp3) is 0. The van der Waals surface area contributed by atoms with Gasteiger partial charge in [0, 0.05) is 48.4 Å². The van der Waals surface area contributed by atoms with Gasteiger partial charge in [-0.15, -0.1) is 11.3 Å². The molecule has 0 bridgehead atoms. The molecule has 3 aromatic heterocycles. The lowest BCUT2D eigenvalue weighted by Crippen LogP contribution is -2.10. The van der Waals surface area contributed by atoms with Crippen LogP contribution in [0.25, 0.3) is 86.3 Å². The number of benzene rings is 8. The average molecular weight is 684 g/mol. The number of anilines is 3. The lowest BCUT2D eigenvalue weighted by Gasteiger charge is -2.27. The highest BCUT2D eigenvalue weighted by Crippen LogP contribution is 2.50. The second kappa shape index (κ2) is 11.5. The first kappa shape index (κ1) is 29.1. The minimum atomic E-state index is 0.862. The zero-order valence-electron chi connectivity index (χ0n) is 27.9. The van der Waals surface area contributed by atoms with E-state index in [0.717, 1.165) is 83.2 Å². The van der Waals surface area contributed by atoms with Crippen molar-refractivity contribution in [1.29, 1.82) is 0 Å². The van der Waals surface area contributed by atoms with Gasteiger partial charge in [-0.2, -0.15) is 0 Å². The van der Waals surface area contributed by atoms with Crippen LogP contribution in [0.2, 0.25) is 0 Å². The van der Waals surface area contributed by atoms with Gasteiger partial charge in [-0.25, -0.2) is 0 Å². The van der Waals surface area contributed by atoms with Crippen molar-refractivity contribution in [1.82, 2.24) is 0 Å². The van der Waals surface area contributed by atoms with Crippen LogP contribution in [0.3, 0.4) is 0 Å². The average Bonchev–Trinajstić information content (AvgIpc) is 3.91. The van der Waals surface area contributed by atoms with Crippen molar-refractivity contribution in [3.05, 3.63) is 176 Å². The van der Waals surface area contributed by atoms with Gasteiger partial charge in [-0.1, -0.05) is 127 Å². The molecule has 0 aliphatic carbocycles. The molecule has 0 saturated heterocycles. The topological polar surface area (TPSA) is 29.5 Å². The zero-order valence-corrected chi connectivity index (χ0v) is 28.7. The first-order valence-corrected chi connectivity index (χ1v) is 18.3. The Kier molecular flexibility index (Phi) is 6.42. The van der Waals surface area contributed by atoms with Gasteiger partial charge in [-0.05, 0) is 59.7 Å². The molecule has 0 spiro atoms. The summed E-state index contributed by atoms with van der Waals surface area (Å²) in [6.45, 7) is 0. The fourth-order valence-corrected chi connectivity index (χ4v) is 9.14. The second-order valence-electron chi connectivity index (χ2n) is 13.2. The predicted octanol–water partition coefficient (Wildman–Crippen LogP) is 14.7. The van der Waals surface area contributed by atoms with Gasteiger partial charge in [-0.3, -0.25) is 0 Å². The van der Waals surface area contributed by atoms with Crippen molar-refractivity contribution in [3.63, 3.8) is 0 Å². The van der Waals surface area contributed by atoms with E-state index in [0.29, 0.717) is 0 Å². The Bertz CT molecular complexity index is 3130. The fourth-order valence-electron chi connectivity index (χ4n) is 7.93. The van der Waals surface area contributed by atoms with Crippen molar-refractivity contribution in [2.45, 2.75) is 0 Å². The van der Waals surface area contributed by atoms with Gasteiger partial charge in [0.15, 0.2) is 0 Å². The van der Waals surface area contributed by atoms with E-state index in [1.165, 1.54) is 20.2 Å². The number of para-hydroxylation sites is 2. The molecule has 0 saturated carbocycles. The quantitative estimate of drug-likeness (QED) is 0.181. The van der Waals surface area contributed by atoms with E-state index in [9.17, 15) is 0 Å². The van der Waals surface area contributed by atoms with E-state index in [2.05, 4.69) is 169 Å². The van der Waals surface area contributed by atoms with Crippen LogP contribution in [-0.4, -0.2) is 0 Å². The molecule has 0 N–H and O–H groups in total. The number of rotatable bonds is 5. The maximum atomic E-state index is 6.77. The molecule has 0 aliphatic rings. The van der Waals surface area contributed by atoms with E-state index in [4.69, 9.17) is 8.83 Å². The van der Waals surface area contributed by atoms with Crippen LogP contribution < -0.4 is 4.90 Å². The summed E-state index contributed by atoms with van der Waals surface area (Å²) in [4.78, 5) is 2.43. The third kappa shape index (κ3) is 4.38. The Balaban J connectivity index is 1.23. The Morgan fingerprint density at radius 1 is 0.404 bits per heavy atom. The standard InChI is InChI=1S/C48H29NO2S/c1-3-13-30(14-4-1)33-19-11-20-36-39-29-32(25-28-43(39)50-46(33)36)49(41-22-12-21-37-35-17-8-10-24-44(35)52-48(37)41)40-27-26-34(31-15-5-2-6-16-31)47-45(40)38-18-7-9-23-42(38)51-47/h1-29H. The Morgan fingerprint density at radius 2 is 1.04 bits per heavy atom. The number of furan rings is 2. The minimum absolute atomic E-state index is 0.862. The van der Waals surface area contributed by atoms with E-state index in [-0.39, 0.29) is 0 Å². The highest BCUT2D eigenvalue weighted by molar-refractivity contribution is 7.26. The van der Waals surface area contributed by atoms with Crippen LogP contribution in [0.4, 0.5) is 17.1 Å². The highest BCUT2D eigenvalue weighted by atomic mass is 32.1. The smallest absolute Gasteiger partial charge is 0.145 e. The molecule has 11 aromatic rings. The highest BCUT2D eigenvalue weighted by Gasteiger charge is 2.25. The largest absolute Gasteiger partial charge is 0.455 e. The first-order chi connectivity index (χ1) is 25.8. The molecule has 4 heteroatoms. The number of hydrogen-bond acceptors (Lipinski definition) is 4. The van der Waals surface area contributed by atoms with Gasteiger partial charge in [0.1, 0.15) is 22.3 Å².